The number of hydrogen-bond acceptors (Lipinski definition) is 2. The zero-order valence-electron chi connectivity index (χ0n) is 9.75. The largest absolute Gasteiger partial charge is 0.232 e. The van der Waals surface area contributed by atoms with E-state index in [0.717, 1.165) is 32.1 Å². The highest BCUT2D eigenvalue weighted by Crippen LogP contribution is 2.25. The maximum atomic E-state index is 6.17. The van der Waals surface area contributed by atoms with Gasteiger partial charge in [-0.3, -0.25) is 0 Å². The van der Waals surface area contributed by atoms with Crippen molar-refractivity contribution < 1.29 is 0 Å². The van der Waals surface area contributed by atoms with Gasteiger partial charge in [0.2, 0.25) is 0 Å². The summed E-state index contributed by atoms with van der Waals surface area (Å²) in [6.45, 7) is 2.13. The second-order valence-corrected chi connectivity index (χ2v) is 6.21. The Morgan fingerprint density at radius 2 is 1.89 bits per heavy atom. The van der Waals surface area contributed by atoms with Crippen molar-refractivity contribution in [3.8, 4) is 11.4 Å². The summed E-state index contributed by atoms with van der Waals surface area (Å²) in [6.07, 6.45) is 1.97. The highest BCUT2D eigenvalue weighted by atomic mass is 127. The van der Waals surface area contributed by atoms with Crippen molar-refractivity contribution in [1.82, 2.24) is 9.97 Å². The summed E-state index contributed by atoms with van der Waals surface area (Å²) in [5.74, 6) is 0.691. The minimum absolute atomic E-state index is 0.534. The van der Waals surface area contributed by atoms with Gasteiger partial charge in [0.15, 0.2) is 5.82 Å². The van der Waals surface area contributed by atoms with Crippen LogP contribution in [0.15, 0.2) is 28.7 Å². The summed E-state index contributed by atoms with van der Waals surface area (Å²) in [4.78, 5) is 8.95. The fraction of sp³-hybridized carbons (Fsp3) is 0.231. The van der Waals surface area contributed by atoms with E-state index in [9.17, 15) is 0 Å². The van der Waals surface area contributed by atoms with Crippen molar-refractivity contribution in [3.05, 3.63) is 43.2 Å². The summed E-state index contributed by atoms with van der Waals surface area (Å²) in [5, 5.41) is 0.534. The Morgan fingerprint density at radius 3 is 2.50 bits per heavy atom. The molecule has 94 valence electrons. The Bertz CT molecular complexity index is 558. The highest BCUT2D eigenvalue weighted by Gasteiger charge is 2.11. The van der Waals surface area contributed by atoms with E-state index < -0.39 is 0 Å². The van der Waals surface area contributed by atoms with Gasteiger partial charge in [-0.05, 0) is 41.1 Å². The molecule has 0 fully saturated rings. The lowest BCUT2D eigenvalue weighted by molar-refractivity contribution is 0.867. The molecule has 0 saturated carbocycles. The van der Waals surface area contributed by atoms with E-state index in [2.05, 4.69) is 55.4 Å². The number of nitrogens with zero attached hydrogens (tertiary/aromatic N) is 2. The van der Waals surface area contributed by atoms with Crippen LogP contribution >= 0.6 is 50.1 Å². The first-order valence-electron chi connectivity index (χ1n) is 5.59. The fourth-order valence-corrected chi connectivity index (χ4v) is 2.56. The smallest absolute Gasteiger partial charge is 0.161 e. The van der Waals surface area contributed by atoms with Crippen molar-refractivity contribution in [1.29, 1.82) is 0 Å². The third-order valence-corrected chi connectivity index (χ3v) is 4.72. The van der Waals surface area contributed by atoms with Crippen LogP contribution in [0, 0.1) is 3.57 Å². The van der Waals surface area contributed by atoms with Crippen LogP contribution in [0.25, 0.3) is 11.4 Å². The van der Waals surface area contributed by atoms with Crippen LogP contribution in [0.5, 0.6) is 0 Å². The van der Waals surface area contributed by atoms with Gasteiger partial charge >= 0.3 is 0 Å². The van der Waals surface area contributed by atoms with E-state index >= 15 is 0 Å². The molecule has 0 amide bonds. The quantitative estimate of drug-likeness (QED) is 0.492. The van der Waals surface area contributed by atoms with Crippen LogP contribution in [0.3, 0.4) is 0 Å². The van der Waals surface area contributed by atoms with E-state index in [1.165, 1.54) is 0 Å². The lowest BCUT2D eigenvalue weighted by atomic mass is 10.2. The molecule has 2 rings (SSSR count). The van der Waals surface area contributed by atoms with Gasteiger partial charge in [-0.2, -0.15) is 0 Å². The molecular weight excluding hydrogens is 426 g/mol. The van der Waals surface area contributed by atoms with E-state index in [1.54, 1.807) is 0 Å². The summed E-state index contributed by atoms with van der Waals surface area (Å²) < 4.78 is 1.99. The summed E-state index contributed by atoms with van der Waals surface area (Å²) in [6, 6.07) is 7.92. The Morgan fingerprint density at radius 1 is 1.22 bits per heavy atom. The second kappa shape index (κ2) is 6.30. The molecule has 0 atom stereocenters. The van der Waals surface area contributed by atoms with E-state index in [1.807, 2.05) is 24.3 Å². The summed E-state index contributed by atoms with van der Waals surface area (Å²) >= 11 is 11.8. The molecule has 0 bridgehead atoms. The molecule has 2 nitrogen and oxygen atoms in total. The molecule has 0 spiro atoms. The van der Waals surface area contributed by atoms with Gasteiger partial charge in [0, 0.05) is 10.0 Å². The minimum atomic E-state index is 0.534. The maximum Gasteiger partial charge on any atom is 0.161 e. The molecule has 0 N–H and O–H groups in total. The van der Waals surface area contributed by atoms with Crippen LogP contribution in [0.1, 0.15) is 19.0 Å². The second-order valence-electron chi connectivity index (χ2n) is 3.86. The topological polar surface area (TPSA) is 25.8 Å². The molecule has 0 aliphatic carbocycles. The molecule has 2 aromatic rings. The number of rotatable bonds is 3. The van der Waals surface area contributed by atoms with Gasteiger partial charge in [0.25, 0.3) is 0 Å². The number of aromatic nitrogens is 2. The average Bonchev–Trinajstić information content (AvgIpc) is 2.36. The molecule has 1 heterocycles. The number of halogens is 3. The Kier molecular flexibility index (Phi) is 4.98. The molecule has 18 heavy (non-hydrogen) atoms. The highest BCUT2D eigenvalue weighted by molar-refractivity contribution is 14.1. The first-order valence-corrected chi connectivity index (χ1v) is 7.84. The number of hydrogen-bond donors (Lipinski definition) is 0. The van der Waals surface area contributed by atoms with E-state index in [-0.39, 0.29) is 0 Å². The molecule has 5 heteroatoms. The molecule has 0 saturated heterocycles. The predicted octanol–water partition coefficient (Wildman–Crippen LogP) is 5.12. The van der Waals surface area contributed by atoms with Crippen LogP contribution in [-0.4, -0.2) is 9.97 Å². The van der Waals surface area contributed by atoms with Crippen LogP contribution in [0.4, 0.5) is 0 Å². The van der Waals surface area contributed by atoms with Crippen molar-refractivity contribution in [2.75, 3.05) is 0 Å². The SMILES string of the molecule is CCCc1nc(-c2ccc(Br)cc2)nc(Cl)c1I. The first kappa shape index (κ1) is 14.2. The molecule has 0 aliphatic heterocycles. The zero-order chi connectivity index (χ0) is 13.1. The molecule has 0 unspecified atom stereocenters. The van der Waals surface area contributed by atoms with Gasteiger partial charge in [-0.25, -0.2) is 9.97 Å². The van der Waals surface area contributed by atoms with Crippen molar-refractivity contribution >= 4 is 50.1 Å². The normalized spacial score (nSPS) is 10.7. The lowest BCUT2D eigenvalue weighted by Gasteiger charge is -2.07. The van der Waals surface area contributed by atoms with Gasteiger partial charge in [-0.15, -0.1) is 0 Å². The van der Waals surface area contributed by atoms with Crippen molar-refractivity contribution in [2.45, 2.75) is 19.8 Å². The fourth-order valence-electron chi connectivity index (χ4n) is 1.59. The number of aryl methyl sites for hydroxylation is 1. The Balaban J connectivity index is 2.48. The molecule has 0 radical (unpaired) electrons. The third-order valence-electron chi connectivity index (χ3n) is 2.47. The van der Waals surface area contributed by atoms with Gasteiger partial charge < -0.3 is 0 Å². The summed E-state index contributed by atoms with van der Waals surface area (Å²) in [5.41, 5.74) is 2.00. The van der Waals surface area contributed by atoms with Gasteiger partial charge in [0.05, 0.1) is 9.26 Å². The van der Waals surface area contributed by atoms with Crippen molar-refractivity contribution in [3.63, 3.8) is 0 Å². The molecule has 0 aliphatic rings. The maximum absolute atomic E-state index is 6.17. The molecule has 1 aromatic heterocycles. The predicted molar refractivity (Wildman–Crippen MR) is 86.9 cm³/mol. The lowest BCUT2D eigenvalue weighted by Crippen LogP contribution is -2.00. The Labute approximate surface area is 133 Å². The summed E-state index contributed by atoms with van der Waals surface area (Å²) in [7, 11) is 0. The van der Waals surface area contributed by atoms with Crippen LogP contribution in [-0.2, 0) is 6.42 Å². The Hall–Kier alpha value is -0.200. The monoisotopic (exact) mass is 436 g/mol. The van der Waals surface area contributed by atoms with Crippen LogP contribution < -0.4 is 0 Å². The van der Waals surface area contributed by atoms with E-state index in [0.29, 0.717) is 11.0 Å². The zero-order valence-corrected chi connectivity index (χ0v) is 14.3. The van der Waals surface area contributed by atoms with Crippen molar-refractivity contribution in [2.24, 2.45) is 0 Å². The standard InChI is InChI=1S/C13H11BrClIN2/c1-2-3-10-11(16)12(15)18-13(17-10)8-4-6-9(14)7-5-8/h4-7H,2-3H2,1H3. The van der Waals surface area contributed by atoms with E-state index in [4.69, 9.17) is 11.6 Å². The van der Waals surface area contributed by atoms with Crippen LogP contribution in [0.2, 0.25) is 5.15 Å². The average molecular weight is 438 g/mol. The van der Waals surface area contributed by atoms with Gasteiger partial charge in [-0.1, -0.05) is 53.0 Å². The number of benzene rings is 1. The molecule has 1 aromatic carbocycles. The molecular formula is C13H11BrClIN2. The minimum Gasteiger partial charge on any atom is -0.232 e. The third kappa shape index (κ3) is 3.22. The first-order chi connectivity index (χ1) is 8.61. The van der Waals surface area contributed by atoms with Gasteiger partial charge in [0.1, 0.15) is 5.15 Å².